The van der Waals surface area contributed by atoms with Crippen molar-refractivity contribution in [2.45, 2.75) is 33.8 Å². The molecule has 0 unspecified atom stereocenters. The van der Waals surface area contributed by atoms with Crippen LogP contribution in [0.4, 0.5) is 0 Å². The minimum Gasteiger partial charge on any atom is -0.487 e. The van der Waals surface area contributed by atoms with E-state index in [0.717, 1.165) is 5.76 Å². The Morgan fingerprint density at radius 3 is 2.31 bits per heavy atom. The Labute approximate surface area is 80.0 Å². The summed E-state index contributed by atoms with van der Waals surface area (Å²) in [5.74, 6) is 1.97. The molecular formula is C11H18O2. The molecule has 1 saturated heterocycles. The number of ether oxygens (including phenoxy) is 1. The zero-order valence-corrected chi connectivity index (χ0v) is 8.83. The van der Waals surface area contributed by atoms with Crippen molar-refractivity contribution in [1.29, 1.82) is 0 Å². The fourth-order valence-corrected chi connectivity index (χ4v) is 1.86. The summed E-state index contributed by atoms with van der Waals surface area (Å²) in [5, 5.41) is 0. The van der Waals surface area contributed by atoms with E-state index in [0.29, 0.717) is 11.8 Å². The monoisotopic (exact) mass is 182 g/mol. The van der Waals surface area contributed by atoms with Gasteiger partial charge >= 0.3 is 0 Å². The van der Waals surface area contributed by atoms with Crippen LogP contribution >= 0.6 is 0 Å². The molecule has 0 aromatic rings. The highest BCUT2D eigenvalue weighted by Crippen LogP contribution is 2.36. The van der Waals surface area contributed by atoms with Gasteiger partial charge in [-0.05, 0) is 12.8 Å². The predicted octanol–water partition coefficient (Wildman–Crippen LogP) is 2.40. The van der Waals surface area contributed by atoms with Crippen LogP contribution in [0.1, 0.15) is 27.7 Å². The Bertz CT molecular complexity index is 232. The molecule has 0 radical (unpaired) electrons. The molecule has 2 nitrogen and oxygen atoms in total. The van der Waals surface area contributed by atoms with Crippen molar-refractivity contribution < 1.29 is 9.53 Å². The smallest absolute Gasteiger partial charge is 0.170 e. The molecule has 1 fully saturated rings. The van der Waals surface area contributed by atoms with Gasteiger partial charge in [-0.25, -0.2) is 0 Å². The van der Waals surface area contributed by atoms with Gasteiger partial charge in [-0.1, -0.05) is 27.4 Å². The molecule has 74 valence electrons. The van der Waals surface area contributed by atoms with Gasteiger partial charge in [-0.15, -0.1) is 0 Å². The van der Waals surface area contributed by atoms with Crippen LogP contribution in [-0.4, -0.2) is 11.9 Å². The molecule has 0 spiro atoms. The van der Waals surface area contributed by atoms with Crippen molar-refractivity contribution in [1.82, 2.24) is 0 Å². The summed E-state index contributed by atoms with van der Waals surface area (Å²) in [7, 11) is 0. The maximum Gasteiger partial charge on any atom is 0.170 e. The van der Waals surface area contributed by atoms with E-state index in [1.54, 1.807) is 6.92 Å². The summed E-state index contributed by atoms with van der Waals surface area (Å²) in [6.45, 7) is 11.7. The first-order valence-electron chi connectivity index (χ1n) is 4.81. The first kappa shape index (κ1) is 10.3. The molecule has 0 amide bonds. The zero-order valence-electron chi connectivity index (χ0n) is 8.83. The van der Waals surface area contributed by atoms with Gasteiger partial charge in [0.25, 0.3) is 0 Å². The fourth-order valence-electron chi connectivity index (χ4n) is 1.86. The average molecular weight is 182 g/mol. The van der Waals surface area contributed by atoms with Crippen LogP contribution in [0.5, 0.6) is 0 Å². The molecule has 1 aliphatic heterocycles. The molecule has 0 bridgehead atoms. The van der Waals surface area contributed by atoms with E-state index in [9.17, 15) is 4.79 Å². The Morgan fingerprint density at radius 2 is 1.85 bits per heavy atom. The van der Waals surface area contributed by atoms with Gasteiger partial charge in [0.15, 0.2) is 11.9 Å². The van der Waals surface area contributed by atoms with Gasteiger partial charge in [0.2, 0.25) is 0 Å². The maximum absolute atomic E-state index is 11.2. The Balaban J connectivity index is 2.82. The molecule has 0 N–H and O–H groups in total. The third-order valence-corrected chi connectivity index (χ3v) is 3.28. The number of ketones is 1. The lowest BCUT2D eigenvalue weighted by Gasteiger charge is -2.38. The van der Waals surface area contributed by atoms with Crippen LogP contribution in [-0.2, 0) is 9.53 Å². The molecule has 0 aromatic heterocycles. The van der Waals surface area contributed by atoms with E-state index in [1.165, 1.54) is 0 Å². The van der Waals surface area contributed by atoms with Gasteiger partial charge < -0.3 is 4.74 Å². The van der Waals surface area contributed by atoms with Gasteiger partial charge in [0.05, 0.1) is 5.76 Å². The minimum atomic E-state index is -0.279. The second-order valence-electron chi connectivity index (χ2n) is 4.12. The standard InChI is InChI=1S/C11H18O2/c1-6-7(2)10(5)13-11(8(6)3)9(4)12/h6-8,11H,5H2,1-4H3/t6-,7-,8+,11+/m1/s1. The van der Waals surface area contributed by atoms with Crippen LogP contribution in [0.2, 0.25) is 0 Å². The first-order chi connectivity index (χ1) is 5.95. The topological polar surface area (TPSA) is 26.3 Å². The molecular weight excluding hydrogens is 164 g/mol. The highest BCUT2D eigenvalue weighted by Gasteiger charge is 2.37. The van der Waals surface area contributed by atoms with Crippen LogP contribution in [0.25, 0.3) is 0 Å². The highest BCUT2D eigenvalue weighted by atomic mass is 16.5. The van der Waals surface area contributed by atoms with Crippen molar-refractivity contribution >= 4 is 5.78 Å². The van der Waals surface area contributed by atoms with Crippen molar-refractivity contribution in [3.63, 3.8) is 0 Å². The van der Waals surface area contributed by atoms with Crippen molar-refractivity contribution in [2.75, 3.05) is 0 Å². The second kappa shape index (κ2) is 3.52. The predicted molar refractivity (Wildman–Crippen MR) is 52.2 cm³/mol. The molecule has 0 aliphatic carbocycles. The lowest BCUT2D eigenvalue weighted by Crippen LogP contribution is -2.40. The Hall–Kier alpha value is -0.790. The average Bonchev–Trinajstić information content (AvgIpc) is 2.07. The van der Waals surface area contributed by atoms with E-state index in [1.807, 2.05) is 0 Å². The molecule has 4 atom stereocenters. The molecule has 2 heteroatoms. The van der Waals surface area contributed by atoms with E-state index >= 15 is 0 Å². The van der Waals surface area contributed by atoms with Crippen molar-refractivity contribution in [3.05, 3.63) is 12.3 Å². The number of rotatable bonds is 1. The van der Waals surface area contributed by atoms with Crippen molar-refractivity contribution in [2.24, 2.45) is 17.8 Å². The fraction of sp³-hybridized carbons (Fsp3) is 0.727. The summed E-state index contributed by atoms with van der Waals surface area (Å²) in [6.07, 6.45) is -0.279. The normalized spacial score (nSPS) is 39.8. The van der Waals surface area contributed by atoms with Gasteiger partial charge in [-0.2, -0.15) is 0 Å². The SMILES string of the molecule is C=C1O[C@H](C(C)=O)[C@@H](C)[C@H](C)[C@H]1C. The van der Waals surface area contributed by atoms with E-state index in [2.05, 4.69) is 27.4 Å². The molecule has 0 aromatic carbocycles. The van der Waals surface area contributed by atoms with Crippen LogP contribution in [0.3, 0.4) is 0 Å². The molecule has 13 heavy (non-hydrogen) atoms. The molecule has 1 heterocycles. The highest BCUT2D eigenvalue weighted by molar-refractivity contribution is 5.81. The van der Waals surface area contributed by atoms with E-state index < -0.39 is 0 Å². The third-order valence-electron chi connectivity index (χ3n) is 3.28. The number of hydrogen-bond donors (Lipinski definition) is 0. The molecule has 0 saturated carbocycles. The maximum atomic E-state index is 11.2. The first-order valence-corrected chi connectivity index (χ1v) is 4.81. The summed E-state index contributed by atoms with van der Waals surface area (Å²) in [5.41, 5.74) is 0. The Kier molecular flexibility index (Phi) is 2.79. The number of carbonyl (C=O) groups excluding carboxylic acids is 1. The number of carbonyl (C=O) groups is 1. The summed E-state index contributed by atoms with van der Waals surface area (Å²) in [6, 6.07) is 0. The molecule has 1 rings (SSSR count). The summed E-state index contributed by atoms with van der Waals surface area (Å²) >= 11 is 0. The second-order valence-corrected chi connectivity index (χ2v) is 4.12. The lowest BCUT2D eigenvalue weighted by atomic mass is 9.78. The summed E-state index contributed by atoms with van der Waals surface area (Å²) in [4.78, 5) is 11.2. The van der Waals surface area contributed by atoms with Crippen LogP contribution in [0.15, 0.2) is 12.3 Å². The van der Waals surface area contributed by atoms with Crippen molar-refractivity contribution in [3.8, 4) is 0 Å². The zero-order chi connectivity index (χ0) is 10.2. The van der Waals surface area contributed by atoms with E-state index in [4.69, 9.17) is 4.74 Å². The minimum absolute atomic E-state index is 0.104. The summed E-state index contributed by atoms with van der Waals surface area (Å²) < 4.78 is 5.50. The van der Waals surface area contributed by atoms with E-state index in [-0.39, 0.29) is 17.8 Å². The Morgan fingerprint density at radius 1 is 1.31 bits per heavy atom. The van der Waals surface area contributed by atoms with Crippen LogP contribution in [0, 0.1) is 17.8 Å². The lowest BCUT2D eigenvalue weighted by molar-refractivity contribution is -0.134. The molecule has 1 aliphatic rings. The number of Topliss-reactive ketones (excluding diaryl/α,β-unsaturated/α-hetero) is 1. The van der Waals surface area contributed by atoms with Gasteiger partial charge in [0.1, 0.15) is 0 Å². The van der Waals surface area contributed by atoms with Gasteiger partial charge in [-0.3, -0.25) is 4.79 Å². The number of hydrogen-bond acceptors (Lipinski definition) is 2. The van der Waals surface area contributed by atoms with Crippen LogP contribution < -0.4 is 0 Å². The third kappa shape index (κ3) is 1.77. The van der Waals surface area contributed by atoms with Gasteiger partial charge in [0, 0.05) is 11.8 Å². The number of allylic oxidation sites excluding steroid dienone is 1. The quantitative estimate of drug-likeness (QED) is 0.622. The largest absolute Gasteiger partial charge is 0.487 e.